The van der Waals surface area contributed by atoms with Gasteiger partial charge < -0.3 is 16.4 Å². The van der Waals surface area contributed by atoms with Gasteiger partial charge in [0.1, 0.15) is 0 Å². The van der Waals surface area contributed by atoms with Crippen molar-refractivity contribution < 1.29 is 9.59 Å². The Labute approximate surface area is 122 Å². The highest BCUT2D eigenvalue weighted by molar-refractivity contribution is 5.85. The minimum absolute atomic E-state index is 0. The first-order valence-corrected chi connectivity index (χ1v) is 6.63. The van der Waals surface area contributed by atoms with Crippen molar-refractivity contribution in [3.05, 3.63) is 0 Å². The molecule has 0 aromatic heterocycles. The molecule has 0 bridgehead atoms. The predicted octanol–water partition coefficient (Wildman–Crippen LogP) is 1.20. The first kappa shape index (κ1) is 20.5. The largest absolute Gasteiger partial charge is 0.356 e. The average Bonchev–Trinajstić information content (AvgIpc) is 2.28. The molecule has 1 atom stereocenters. The molecule has 2 amide bonds. The molecule has 0 spiro atoms. The van der Waals surface area contributed by atoms with Crippen LogP contribution in [-0.2, 0) is 9.59 Å². The molecule has 0 aromatic carbocycles. The van der Waals surface area contributed by atoms with Gasteiger partial charge in [0.05, 0.1) is 5.54 Å². The average molecular weight is 294 g/mol. The molecule has 0 saturated carbocycles. The number of carbonyl (C=O) groups excluding carboxylic acids is 2. The fourth-order valence-corrected chi connectivity index (χ4v) is 1.51. The summed E-state index contributed by atoms with van der Waals surface area (Å²) in [5, 5.41) is 5.66. The first-order valence-electron chi connectivity index (χ1n) is 6.63. The fourth-order valence-electron chi connectivity index (χ4n) is 1.51. The lowest BCUT2D eigenvalue weighted by molar-refractivity contribution is -0.123. The monoisotopic (exact) mass is 293 g/mol. The molecule has 4 N–H and O–H groups in total. The Kier molecular flexibility index (Phi) is 10.8. The first-order chi connectivity index (χ1) is 8.35. The van der Waals surface area contributed by atoms with Crippen LogP contribution in [0.15, 0.2) is 0 Å². The lowest BCUT2D eigenvalue weighted by Gasteiger charge is -2.33. The van der Waals surface area contributed by atoms with Crippen LogP contribution in [0.25, 0.3) is 0 Å². The van der Waals surface area contributed by atoms with Crippen molar-refractivity contribution in [2.75, 3.05) is 13.1 Å². The van der Waals surface area contributed by atoms with E-state index in [4.69, 9.17) is 5.73 Å². The quantitative estimate of drug-likeness (QED) is 0.629. The third-order valence-corrected chi connectivity index (χ3v) is 3.30. The second-order valence-electron chi connectivity index (χ2n) is 5.13. The summed E-state index contributed by atoms with van der Waals surface area (Å²) in [6, 6.07) is 0. The molecule has 0 heterocycles. The highest BCUT2D eigenvalue weighted by Gasteiger charge is 2.28. The number of carbonyl (C=O) groups is 2. The molecule has 114 valence electrons. The molecule has 0 aliphatic rings. The van der Waals surface area contributed by atoms with Gasteiger partial charge in [-0.1, -0.05) is 13.8 Å². The number of hydrogen-bond donors (Lipinski definition) is 3. The van der Waals surface area contributed by atoms with Crippen molar-refractivity contribution in [1.82, 2.24) is 10.6 Å². The van der Waals surface area contributed by atoms with Crippen LogP contribution >= 0.6 is 12.4 Å². The van der Waals surface area contributed by atoms with Crippen LogP contribution in [0, 0.1) is 5.92 Å². The molecule has 6 heteroatoms. The minimum Gasteiger partial charge on any atom is -0.356 e. The van der Waals surface area contributed by atoms with Gasteiger partial charge in [-0.3, -0.25) is 9.59 Å². The van der Waals surface area contributed by atoms with E-state index in [1.807, 2.05) is 27.7 Å². The zero-order chi connectivity index (χ0) is 14.2. The van der Waals surface area contributed by atoms with Crippen LogP contribution in [0.5, 0.6) is 0 Å². The minimum atomic E-state index is -0.372. The van der Waals surface area contributed by atoms with E-state index in [0.717, 1.165) is 0 Å². The van der Waals surface area contributed by atoms with Gasteiger partial charge in [0.2, 0.25) is 11.8 Å². The number of hydrogen-bond acceptors (Lipinski definition) is 3. The molecular formula is C13H28ClN3O2. The Morgan fingerprint density at radius 3 is 2.16 bits per heavy atom. The van der Waals surface area contributed by atoms with E-state index in [1.165, 1.54) is 0 Å². The van der Waals surface area contributed by atoms with E-state index in [1.54, 1.807) is 0 Å². The number of nitrogens with one attached hydrogen (secondary N) is 2. The lowest BCUT2D eigenvalue weighted by atomic mass is 9.88. The maximum Gasteiger partial charge on any atom is 0.220 e. The van der Waals surface area contributed by atoms with Crippen LogP contribution in [-0.4, -0.2) is 30.4 Å². The molecular weight excluding hydrogens is 266 g/mol. The number of amides is 2. The van der Waals surface area contributed by atoms with E-state index < -0.39 is 0 Å². The van der Waals surface area contributed by atoms with Gasteiger partial charge in [0.25, 0.3) is 0 Å². The van der Waals surface area contributed by atoms with Crippen molar-refractivity contribution in [3.63, 3.8) is 0 Å². The summed E-state index contributed by atoms with van der Waals surface area (Å²) < 4.78 is 0. The van der Waals surface area contributed by atoms with Crippen LogP contribution in [0.3, 0.4) is 0 Å². The maximum absolute atomic E-state index is 11.8. The molecule has 0 aromatic rings. The van der Waals surface area contributed by atoms with E-state index in [-0.39, 0.29) is 35.7 Å². The Morgan fingerprint density at radius 1 is 1.21 bits per heavy atom. The standard InChI is InChI=1S/C13H27N3O2.ClH/c1-5-15-11(17)7-6-8-12(18)16-13(4,9-14)10(2)3;/h10H,5-9,14H2,1-4H3,(H,15,17)(H,16,18);1H. The van der Waals surface area contributed by atoms with Crippen molar-refractivity contribution in [3.8, 4) is 0 Å². The third-order valence-electron chi connectivity index (χ3n) is 3.30. The van der Waals surface area contributed by atoms with E-state index >= 15 is 0 Å². The van der Waals surface area contributed by atoms with Gasteiger partial charge in [-0.25, -0.2) is 0 Å². The van der Waals surface area contributed by atoms with Crippen LogP contribution in [0.2, 0.25) is 0 Å². The normalized spacial score (nSPS) is 13.4. The van der Waals surface area contributed by atoms with Crippen LogP contribution < -0.4 is 16.4 Å². The number of nitrogens with two attached hydrogens (primary N) is 1. The molecule has 0 fully saturated rings. The smallest absolute Gasteiger partial charge is 0.220 e. The number of halogens is 1. The molecule has 1 unspecified atom stereocenters. The van der Waals surface area contributed by atoms with Gasteiger partial charge in [0.15, 0.2) is 0 Å². The Morgan fingerprint density at radius 2 is 1.74 bits per heavy atom. The number of rotatable bonds is 8. The predicted molar refractivity (Wildman–Crippen MR) is 80.2 cm³/mol. The summed E-state index contributed by atoms with van der Waals surface area (Å²) >= 11 is 0. The summed E-state index contributed by atoms with van der Waals surface area (Å²) in [7, 11) is 0. The SMILES string of the molecule is CCNC(=O)CCCC(=O)NC(C)(CN)C(C)C.Cl. The summed E-state index contributed by atoms with van der Waals surface area (Å²) in [4.78, 5) is 23.0. The Bertz CT molecular complexity index is 285. The highest BCUT2D eigenvalue weighted by atomic mass is 35.5. The molecule has 0 saturated heterocycles. The second-order valence-corrected chi connectivity index (χ2v) is 5.13. The van der Waals surface area contributed by atoms with Crippen molar-refractivity contribution in [1.29, 1.82) is 0 Å². The van der Waals surface area contributed by atoms with Gasteiger partial charge in [-0.05, 0) is 26.2 Å². The van der Waals surface area contributed by atoms with Crippen molar-refractivity contribution >= 4 is 24.2 Å². The van der Waals surface area contributed by atoms with Crippen molar-refractivity contribution in [2.24, 2.45) is 11.7 Å². The maximum atomic E-state index is 11.8. The molecule has 0 aliphatic carbocycles. The topological polar surface area (TPSA) is 84.2 Å². The van der Waals surface area contributed by atoms with E-state index in [0.29, 0.717) is 32.4 Å². The molecule has 0 aliphatic heterocycles. The molecule has 0 rings (SSSR count). The van der Waals surface area contributed by atoms with Crippen LogP contribution in [0.1, 0.15) is 47.0 Å². The third kappa shape index (κ3) is 8.06. The van der Waals surface area contributed by atoms with E-state index in [9.17, 15) is 9.59 Å². The summed E-state index contributed by atoms with van der Waals surface area (Å²) in [5.74, 6) is 0.228. The molecule has 0 radical (unpaired) electrons. The van der Waals surface area contributed by atoms with Gasteiger partial charge in [0, 0.05) is 25.9 Å². The van der Waals surface area contributed by atoms with Crippen LogP contribution in [0.4, 0.5) is 0 Å². The zero-order valence-electron chi connectivity index (χ0n) is 12.4. The second kappa shape index (κ2) is 10.0. The van der Waals surface area contributed by atoms with Crippen molar-refractivity contribution in [2.45, 2.75) is 52.5 Å². The zero-order valence-corrected chi connectivity index (χ0v) is 13.2. The summed E-state index contributed by atoms with van der Waals surface area (Å²) in [6.45, 7) is 8.92. The summed E-state index contributed by atoms with van der Waals surface area (Å²) in [5.41, 5.74) is 5.32. The highest BCUT2D eigenvalue weighted by Crippen LogP contribution is 2.15. The molecule has 19 heavy (non-hydrogen) atoms. The van der Waals surface area contributed by atoms with Gasteiger partial charge in [-0.2, -0.15) is 0 Å². The Balaban J connectivity index is 0. The fraction of sp³-hybridized carbons (Fsp3) is 0.846. The van der Waals surface area contributed by atoms with Gasteiger partial charge >= 0.3 is 0 Å². The van der Waals surface area contributed by atoms with E-state index in [2.05, 4.69) is 10.6 Å². The summed E-state index contributed by atoms with van der Waals surface area (Å²) in [6.07, 6.45) is 1.32. The lowest BCUT2D eigenvalue weighted by Crippen LogP contribution is -2.55. The van der Waals surface area contributed by atoms with Gasteiger partial charge in [-0.15, -0.1) is 12.4 Å². The Hall–Kier alpha value is -0.810. The molecule has 5 nitrogen and oxygen atoms in total.